The molecule has 0 aliphatic heterocycles. The molecule has 3 atom stereocenters. The number of benzene rings is 1. The second kappa shape index (κ2) is 7.78. The number of nitrogens with one attached hydrogen (secondary N) is 1. The first kappa shape index (κ1) is 17.0. The van der Waals surface area contributed by atoms with E-state index in [0.717, 1.165) is 18.4 Å². The Kier molecular flexibility index (Phi) is 6.31. The third-order valence-electron chi connectivity index (χ3n) is 5.16. The Labute approximate surface area is 139 Å². The van der Waals surface area contributed by atoms with E-state index in [2.05, 4.69) is 61.1 Å². The normalized spacial score (nSPS) is 24.0. The van der Waals surface area contributed by atoms with Crippen LogP contribution in [0.5, 0.6) is 0 Å². The van der Waals surface area contributed by atoms with Gasteiger partial charge in [0.1, 0.15) is 0 Å². The SMILES string of the molecule is CCNC(c1cc(C)c(Br)c(C)c1)C1CCCCC1CC. The van der Waals surface area contributed by atoms with Crippen LogP contribution in [0.1, 0.15) is 68.7 Å². The summed E-state index contributed by atoms with van der Waals surface area (Å²) >= 11 is 3.70. The van der Waals surface area contributed by atoms with Crippen molar-refractivity contribution in [2.75, 3.05) is 6.54 Å². The van der Waals surface area contributed by atoms with Gasteiger partial charge in [-0.05, 0) is 55.3 Å². The fourth-order valence-corrected chi connectivity index (χ4v) is 4.31. The van der Waals surface area contributed by atoms with Crippen LogP contribution in [0.2, 0.25) is 0 Å². The smallest absolute Gasteiger partial charge is 0.0351 e. The van der Waals surface area contributed by atoms with Gasteiger partial charge in [0, 0.05) is 10.5 Å². The van der Waals surface area contributed by atoms with Gasteiger partial charge in [-0.1, -0.05) is 67.6 Å². The average Bonchev–Trinajstić information content (AvgIpc) is 2.49. The molecular weight excluding hydrogens is 322 g/mol. The van der Waals surface area contributed by atoms with Gasteiger partial charge in [-0.2, -0.15) is 0 Å². The highest BCUT2D eigenvalue weighted by Gasteiger charge is 2.31. The molecule has 1 saturated carbocycles. The lowest BCUT2D eigenvalue weighted by atomic mass is 9.72. The molecule has 1 aromatic carbocycles. The zero-order valence-electron chi connectivity index (χ0n) is 14.0. The molecule has 1 N–H and O–H groups in total. The highest BCUT2D eigenvalue weighted by molar-refractivity contribution is 9.10. The summed E-state index contributed by atoms with van der Waals surface area (Å²) in [7, 11) is 0. The van der Waals surface area contributed by atoms with Gasteiger partial charge in [0.25, 0.3) is 0 Å². The number of rotatable bonds is 5. The molecule has 1 nitrogen and oxygen atoms in total. The molecule has 0 aromatic heterocycles. The zero-order valence-corrected chi connectivity index (χ0v) is 15.6. The Morgan fingerprint density at radius 3 is 2.33 bits per heavy atom. The summed E-state index contributed by atoms with van der Waals surface area (Å²) in [5.74, 6) is 1.68. The van der Waals surface area contributed by atoms with Crippen LogP contribution in [0, 0.1) is 25.7 Å². The summed E-state index contributed by atoms with van der Waals surface area (Å²) in [6.45, 7) is 10.1. The molecule has 0 spiro atoms. The van der Waals surface area contributed by atoms with Gasteiger partial charge in [-0.15, -0.1) is 0 Å². The molecule has 3 unspecified atom stereocenters. The van der Waals surface area contributed by atoms with Gasteiger partial charge in [0.15, 0.2) is 0 Å². The van der Waals surface area contributed by atoms with Crippen molar-refractivity contribution >= 4 is 15.9 Å². The van der Waals surface area contributed by atoms with Crippen molar-refractivity contribution in [2.45, 2.75) is 65.8 Å². The molecule has 118 valence electrons. The van der Waals surface area contributed by atoms with Crippen LogP contribution < -0.4 is 5.32 Å². The molecule has 1 aliphatic carbocycles. The van der Waals surface area contributed by atoms with Gasteiger partial charge in [0.05, 0.1) is 0 Å². The highest BCUT2D eigenvalue weighted by atomic mass is 79.9. The predicted molar refractivity (Wildman–Crippen MR) is 95.8 cm³/mol. The maximum Gasteiger partial charge on any atom is 0.0351 e. The van der Waals surface area contributed by atoms with Crippen molar-refractivity contribution in [2.24, 2.45) is 11.8 Å². The third kappa shape index (κ3) is 3.90. The minimum absolute atomic E-state index is 0.519. The third-order valence-corrected chi connectivity index (χ3v) is 6.41. The first-order chi connectivity index (χ1) is 10.1. The van der Waals surface area contributed by atoms with Crippen LogP contribution >= 0.6 is 15.9 Å². The fourth-order valence-electron chi connectivity index (χ4n) is 4.08. The summed E-state index contributed by atoms with van der Waals surface area (Å²) in [4.78, 5) is 0. The Morgan fingerprint density at radius 2 is 1.76 bits per heavy atom. The maximum atomic E-state index is 3.79. The van der Waals surface area contributed by atoms with E-state index in [1.165, 1.54) is 53.3 Å². The van der Waals surface area contributed by atoms with Gasteiger partial charge in [-0.25, -0.2) is 0 Å². The van der Waals surface area contributed by atoms with E-state index in [4.69, 9.17) is 0 Å². The summed E-state index contributed by atoms with van der Waals surface area (Å²) in [5, 5.41) is 3.79. The molecule has 1 aliphatic rings. The van der Waals surface area contributed by atoms with E-state index < -0.39 is 0 Å². The highest BCUT2D eigenvalue weighted by Crippen LogP contribution is 2.41. The lowest BCUT2D eigenvalue weighted by Gasteiger charge is -2.38. The van der Waals surface area contributed by atoms with E-state index in [9.17, 15) is 0 Å². The molecule has 0 bridgehead atoms. The average molecular weight is 352 g/mol. The van der Waals surface area contributed by atoms with Crippen molar-refractivity contribution < 1.29 is 0 Å². The van der Waals surface area contributed by atoms with Crippen LogP contribution in [0.25, 0.3) is 0 Å². The first-order valence-corrected chi connectivity index (χ1v) is 9.37. The Bertz CT molecular complexity index is 446. The topological polar surface area (TPSA) is 12.0 Å². The molecule has 2 rings (SSSR count). The summed E-state index contributed by atoms with van der Waals surface area (Å²) in [5.41, 5.74) is 4.20. The molecule has 0 saturated heterocycles. The van der Waals surface area contributed by atoms with E-state index in [1.807, 2.05) is 0 Å². The van der Waals surface area contributed by atoms with Crippen molar-refractivity contribution in [3.05, 3.63) is 33.3 Å². The predicted octanol–water partition coefficient (Wildman–Crippen LogP) is 5.93. The number of hydrogen-bond donors (Lipinski definition) is 1. The second-order valence-electron chi connectivity index (χ2n) is 6.62. The van der Waals surface area contributed by atoms with Crippen LogP contribution in [-0.4, -0.2) is 6.54 Å². The van der Waals surface area contributed by atoms with Crippen LogP contribution in [-0.2, 0) is 0 Å². The summed E-state index contributed by atoms with van der Waals surface area (Å²) in [6, 6.07) is 5.28. The largest absolute Gasteiger partial charge is 0.310 e. The minimum atomic E-state index is 0.519. The molecule has 1 fully saturated rings. The molecule has 1 aromatic rings. The zero-order chi connectivity index (χ0) is 15.4. The van der Waals surface area contributed by atoms with E-state index in [1.54, 1.807) is 0 Å². The van der Waals surface area contributed by atoms with Crippen LogP contribution in [0.15, 0.2) is 16.6 Å². The number of hydrogen-bond acceptors (Lipinski definition) is 1. The summed E-state index contributed by atoms with van der Waals surface area (Å²) in [6.07, 6.45) is 6.94. The van der Waals surface area contributed by atoms with E-state index in [0.29, 0.717) is 6.04 Å². The van der Waals surface area contributed by atoms with Crippen LogP contribution in [0.4, 0.5) is 0 Å². The van der Waals surface area contributed by atoms with Crippen molar-refractivity contribution in [1.82, 2.24) is 5.32 Å². The van der Waals surface area contributed by atoms with E-state index >= 15 is 0 Å². The maximum absolute atomic E-state index is 3.79. The quantitative estimate of drug-likeness (QED) is 0.692. The fraction of sp³-hybridized carbons (Fsp3) is 0.684. The van der Waals surface area contributed by atoms with Crippen molar-refractivity contribution in [3.8, 4) is 0 Å². The van der Waals surface area contributed by atoms with Gasteiger partial charge in [-0.3, -0.25) is 0 Å². The Morgan fingerprint density at radius 1 is 1.14 bits per heavy atom. The van der Waals surface area contributed by atoms with Crippen molar-refractivity contribution in [1.29, 1.82) is 0 Å². The van der Waals surface area contributed by atoms with Gasteiger partial charge < -0.3 is 5.32 Å². The minimum Gasteiger partial charge on any atom is -0.310 e. The monoisotopic (exact) mass is 351 g/mol. The molecule has 2 heteroatoms. The van der Waals surface area contributed by atoms with E-state index in [-0.39, 0.29) is 0 Å². The molecule has 0 amide bonds. The number of aryl methyl sites for hydroxylation is 2. The lowest BCUT2D eigenvalue weighted by Crippen LogP contribution is -2.34. The van der Waals surface area contributed by atoms with Gasteiger partial charge in [0.2, 0.25) is 0 Å². The molecule has 0 radical (unpaired) electrons. The molecular formula is C19H30BrN. The van der Waals surface area contributed by atoms with Crippen LogP contribution in [0.3, 0.4) is 0 Å². The van der Waals surface area contributed by atoms with Gasteiger partial charge >= 0.3 is 0 Å². The Balaban J connectivity index is 2.33. The second-order valence-corrected chi connectivity index (χ2v) is 7.41. The summed E-state index contributed by atoms with van der Waals surface area (Å²) < 4.78 is 1.26. The number of halogens is 1. The first-order valence-electron chi connectivity index (χ1n) is 8.58. The molecule has 0 heterocycles. The Hall–Kier alpha value is -0.340. The molecule has 21 heavy (non-hydrogen) atoms. The van der Waals surface area contributed by atoms with Crippen molar-refractivity contribution in [3.63, 3.8) is 0 Å². The lowest BCUT2D eigenvalue weighted by molar-refractivity contribution is 0.176. The standard InChI is InChI=1S/C19H30BrN/c1-5-15-9-7-8-10-17(15)19(21-6-2)16-11-13(3)18(20)14(4)12-16/h11-12,15,17,19,21H,5-10H2,1-4H3.